The summed E-state index contributed by atoms with van der Waals surface area (Å²) in [6.07, 6.45) is 0.832. The van der Waals surface area contributed by atoms with Crippen molar-refractivity contribution >= 4 is 52.0 Å². The van der Waals surface area contributed by atoms with Crippen molar-refractivity contribution in [3.8, 4) is 0 Å². The third-order valence-corrected chi connectivity index (χ3v) is 4.76. The number of aliphatic hydroxyl groups excluding tert-OH is 1. The van der Waals surface area contributed by atoms with Gasteiger partial charge in [-0.1, -0.05) is 5.16 Å². The van der Waals surface area contributed by atoms with Crippen molar-refractivity contribution in [3.05, 3.63) is 56.4 Å². The molecule has 9 nitrogen and oxygen atoms in total. The van der Waals surface area contributed by atoms with Crippen molar-refractivity contribution in [3.63, 3.8) is 0 Å². The van der Waals surface area contributed by atoms with E-state index in [1.807, 2.05) is 28.1 Å². The summed E-state index contributed by atoms with van der Waals surface area (Å²) >= 11 is 1.88. The Kier molecular flexibility index (Phi) is 11.0. The first-order valence-corrected chi connectivity index (χ1v) is 11.0. The summed E-state index contributed by atoms with van der Waals surface area (Å²) in [7, 11) is 0. The van der Waals surface area contributed by atoms with Crippen LogP contribution in [0.2, 0.25) is 0 Å². The fourth-order valence-electron chi connectivity index (χ4n) is 2.55. The number of oxime groups is 1. The highest BCUT2D eigenvalue weighted by molar-refractivity contribution is 14.1. The average Bonchev–Trinajstić information content (AvgIpc) is 2.79. The number of rotatable bonds is 12. The van der Waals surface area contributed by atoms with Gasteiger partial charge in [0.25, 0.3) is 5.91 Å². The van der Waals surface area contributed by atoms with Gasteiger partial charge in [0, 0.05) is 15.7 Å². The summed E-state index contributed by atoms with van der Waals surface area (Å²) < 4.78 is 44.5. The van der Waals surface area contributed by atoms with Crippen LogP contribution in [0, 0.1) is 21.0 Å². The van der Waals surface area contributed by atoms with Crippen LogP contribution < -0.4 is 16.1 Å². The van der Waals surface area contributed by atoms with Gasteiger partial charge in [-0.2, -0.15) is 0 Å². The van der Waals surface area contributed by atoms with E-state index in [0.29, 0.717) is 10.1 Å². The first kappa shape index (κ1) is 27.3. The van der Waals surface area contributed by atoms with Crippen molar-refractivity contribution < 1.29 is 37.5 Å². The van der Waals surface area contributed by atoms with Gasteiger partial charge < -0.3 is 20.6 Å². The normalized spacial score (nSPS) is 10.9. The number of anilines is 2. The molecule has 4 N–H and O–H groups in total. The number of hydroxylamine groups is 1. The van der Waals surface area contributed by atoms with Gasteiger partial charge in [-0.15, -0.1) is 0 Å². The lowest BCUT2D eigenvalue weighted by atomic mass is 10.1. The number of benzene rings is 2. The van der Waals surface area contributed by atoms with Crippen LogP contribution in [0.3, 0.4) is 0 Å². The Bertz CT molecular complexity index is 1060. The van der Waals surface area contributed by atoms with Gasteiger partial charge in [-0.05, 0) is 53.8 Å². The smallest absolute Gasteiger partial charge is 0.277 e. The Labute approximate surface area is 206 Å². The average molecular weight is 594 g/mol. The summed E-state index contributed by atoms with van der Waals surface area (Å²) in [5, 5.41) is 17.2. The molecule has 0 bridgehead atoms. The number of aliphatic hydroxyl groups is 1. The first-order chi connectivity index (χ1) is 16.3. The molecule has 0 aliphatic heterocycles. The second-order valence-corrected chi connectivity index (χ2v) is 7.79. The first-order valence-electron chi connectivity index (χ1n) is 9.97. The van der Waals surface area contributed by atoms with Gasteiger partial charge in [-0.25, -0.2) is 18.7 Å². The Balaban J connectivity index is 2.33. The van der Waals surface area contributed by atoms with Crippen molar-refractivity contribution in [2.45, 2.75) is 13.3 Å². The molecule has 0 aliphatic carbocycles. The van der Waals surface area contributed by atoms with E-state index >= 15 is 0 Å². The SMILES string of the molecule is CCNC(=O)CCON=Cc1cc(C(=O)NOCCO)c(Nc2ccc(I)cc2F)c(F)c1F. The number of hydrogen-bond donors (Lipinski definition) is 4. The van der Waals surface area contributed by atoms with E-state index in [1.54, 1.807) is 6.92 Å². The van der Waals surface area contributed by atoms with Gasteiger partial charge in [0.05, 0.1) is 42.8 Å². The molecule has 2 amide bonds. The zero-order valence-corrected chi connectivity index (χ0v) is 20.1. The highest BCUT2D eigenvalue weighted by Crippen LogP contribution is 2.30. The van der Waals surface area contributed by atoms with E-state index in [9.17, 15) is 22.8 Å². The van der Waals surface area contributed by atoms with Crippen molar-refractivity contribution in [1.82, 2.24) is 10.8 Å². The largest absolute Gasteiger partial charge is 0.395 e. The maximum absolute atomic E-state index is 15.0. The molecule has 0 radical (unpaired) electrons. The predicted molar refractivity (Wildman–Crippen MR) is 126 cm³/mol. The standard InChI is InChI=1S/C21H22F3IN4O5/c1-2-26-17(31)5-7-33-27-11-12-9-14(21(32)29-34-8-6-30)20(19(24)18(12)23)28-16-4-3-13(25)10-15(16)22/h3-4,9-11,28,30H,2,5-8H2,1H3,(H,26,31)(H,29,32). The van der Waals surface area contributed by atoms with Crippen LogP contribution in [0.1, 0.15) is 29.3 Å². The third-order valence-electron chi connectivity index (χ3n) is 4.09. The minimum absolute atomic E-state index is 0.00229. The minimum atomic E-state index is -1.48. The number of carbonyl (C=O) groups is 2. The number of halogens is 4. The molecule has 184 valence electrons. The van der Waals surface area contributed by atoms with E-state index in [-0.39, 0.29) is 31.2 Å². The quantitative estimate of drug-likeness (QED) is 0.130. The summed E-state index contributed by atoms with van der Waals surface area (Å²) in [5.41, 5.74) is 0.265. The van der Waals surface area contributed by atoms with Gasteiger partial charge >= 0.3 is 0 Å². The van der Waals surface area contributed by atoms with Crippen LogP contribution in [0.25, 0.3) is 0 Å². The van der Waals surface area contributed by atoms with Crippen LogP contribution in [0.4, 0.5) is 24.5 Å². The van der Waals surface area contributed by atoms with E-state index in [0.717, 1.165) is 12.3 Å². The number of carbonyl (C=O) groups excluding carboxylic acids is 2. The van der Waals surface area contributed by atoms with E-state index < -0.39 is 46.8 Å². The van der Waals surface area contributed by atoms with Crippen LogP contribution in [0.5, 0.6) is 0 Å². The minimum Gasteiger partial charge on any atom is -0.395 e. The molecule has 0 unspecified atom stereocenters. The van der Waals surface area contributed by atoms with Gasteiger partial charge in [-0.3, -0.25) is 14.4 Å². The summed E-state index contributed by atoms with van der Waals surface area (Å²) in [5.74, 6) is -4.86. The summed E-state index contributed by atoms with van der Waals surface area (Å²) in [6.45, 7) is 1.44. The number of hydrogen-bond acceptors (Lipinski definition) is 7. The molecule has 0 fully saturated rings. The van der Waals surface area contributed by atoms with E-state index in [2.05, 4.69) is 15.8 Å². The molecular weight excluding hydrogens is 572 g/mol. The lowest BCUT2D eigenvalue weighted by Crippen LogP contribution is -2.26. The van der Waals surface area contributed by atoms with Gasteiger partial charge in [0.1, 0.15) is 12.4 Å². The lowest BCUT2D eigenvalue weighted by Gasteiger charge is -2.15. The van der Waals surface area contributed by atoms with Crippen molar-refractivity contribution in [2.75, 3.05) is 31.7 Å². The van der Waals surface area contributed by atoms with Crippen LogP contribution in [-0.2, 0) is 14.5 Å². The molecule has 2 rings (SSSR count). The van der Waals surface area contributed by atoms with Crippen LogP contribution in [-0.4, -0.2) is 49.5 Å². The highest BCUT2D eigenvalue weighted by atomic mass is 127. The molecule has 2 aromatic rings. The van der Waals surface area contributed by atoms with Crippen molar-refractivity contribution in [2.24, 2.45) is 5.16 Å². The molecule has 0 spiro atoms. The van der Waals surface area contributed by atoms with Crippen LogP contribution in [0.15, 0.2) is 29.4 Å². The molecule has 2 aromatic carbocycles. The maximum atomic E-state index is 15.0. The Morgan fingerprint density at radius 1 is 1.18 bits per heavy atom. The second kappa shape index (κ2) is 13.7. The topological polar surface area (TPSA) is 121 Å². The molecule has 13 heteroatoms. The zero-order chi connectivity index (χ0) is 25.1. The maximum Gasteiger partial charge on any atom is 0.277 e. The van der Waals surface area contributed by atoms with Crippen LogP contribution >= 0.6 is 22.6 Å². The van der Waals surface area contributed by atoms with E-state index in [1.165, 1.54) is 18.2 Å². The highest BCUT2D eigenvalue weighted by Gasteiger charge is 2.23. The fourth-order valence-corrected chi connectivity index (χ4v) is 3.01. The molecule has 0 aliphatic rings. The van der Waals surface area contributed by atoms with E-state index in [4.69, 9.17) is 14.8 Å². The summed E-state index contributed by atoms with van der Waals surface area (Å²) in [4.78, 5) is 33.5. The Morgan fingerprint density at radius 3 is 2.62 bits per heavy atom. The molecule has 0 saturated heterocycles. The third kappa shape index (κ3) is 7.85. The molecule has 34 heavy (non-hydrogen) atoms. The zero-order valence-electron chi connectivity index (χ0n) is 18.0. The molecule has 0 atom stereocenters. The number of nitrogens with one attached hydrogen (secondary N) is 3. The molecular formula is C21H22F3IN4O5. The predicted octanol–water partition coefficient (Wildman–Crippen LogP) is 2.98. The molecule has 0 aromatic heterocycles. The second-order valence-electron chi connectivity index (χ2n) is 6.54. The van der Waals surface area contributed by atoms with Gasteiger partial charge in [0.2, 0.25) is 5.91 Å². The Hall–Kier alpha value is -2.91. The monoisotopic (exact) mass is 594 g/mol. The number of amides is 2. The molecule has 0 saturated carbocycles. The van der Waals surface area contributed by atoms with Crippen molar-refractivity contribution in [1.29, 1.82) is 0 Å². The van der Waals surface area contributed by atoms with Gasteiger partial charge in [0.15, 0.2) is 11.6 Å². The summed E-state index contributed by atoms with van der Waals surface area (Å²) in [6, 6.07) is 4.96. The number of nitrogens with zero attached hydrogens (tertiary/aromatic N) is 1. The Morgan fingerprint density at radius 2 is 1.94 bits per heavy atom. The molecule has 0 heterocycles. The fraction of sp³-hybridized carbons (Fsp3) is 0.286. The lowest BCUT2D eigenvalue weighted by molar-refractivity contribution is -0.122.